The van der Waals surface area contributed by atoms with Crippen LogP contribution >= 0.6 is 7.82 Å². The summed E-state index contributed by atoms with van der Waals surface area (Å²) in [5.41, 5.74) is 0. The number of amides is 3. The molecule has 11 unspecified atom stereocenters. The van der Waals surface area contributed by atoms with Crippen molar-refractivity contribution in [3.63, 3.8) is 0 Å². The first-order valence-electron chi connectivity index (χ1n) is 39.1. The van der Waals surface area contributed by atoms with Crippen molar-refractivity contribution in [2.45, 2.75) is 357 Å². The Morgan fingerprint density at radius 1 is 0.442 bits per heavy atom. The number of rotatable bonds is 62. The van der Waals surface area contributed by atoms with Crippen LogP contribution in [0.4, 0.5) is 0 Å². The molecule has 0 radical (unpaired) electrons. The summed E-state index contributed by atoms with van der Waals surface area (Å²) in [4.78, 5) is 74.0. The van der Waals surface area contributed by atoms with Crippen molar-refractivity contribution >= 4 is 37.5 Å². The minimum Gasteiger partial charge on any atom is -0.462 e. The van der Waals surface area contributed by atoms with E-state index in [0.717, 1.165) is 96.8 Å². The third-order valence-corrected chi connectivity index (χ3v) is 19.6. The number of phosphoric acid groups is 1. The van der Waals surface area contributed by atoms with Crippen LogP contribution in [0.15, 0.2) is 24.3 Å². The Morgan fingerprint density at radius 3 is 1.38 bits per heavy atom. The Hall–Kier alpha value is -3.66. The lowest BCUT2D eigenvalue weighted by molar-refractivity contribution is -0.376. The third-order valence-electron chi connectivity index (χ3n) is 18.6. The van der Waals surface area contributed by atoms with Gasteiger partial charge >= 0.3 is 19.8 Å². The number of unbranched alkanes of at least 4 members (excludes halogenated alkanes) is 27. The lowest BCUT2D eigenvalue weighted by Gasteiger charge is -2.48. The highest BCUT2D eigenvalue weighted by atomic mass is 31.2. The molecule has 3 rings (SSSR count). The van der Waals surface area contributed by atoms with Gasteiger partial charge in [-0.2, -0.15) is 0 Å². The van der Waals surface area contributed by atoms with E-state index in [1.165, 1.54) is 89.9 Å². The van der Waals surface area contributed by atoms with Crippen LogP contribution in [0, 0.1) is 0 Å². The number of carbonyl (C=O) groups is 5. The van der Waals surface area contributed by atoms with Gasteiger partial charge in [-0.3, -0.25) is 33.0 Å². The number of phosphoric ester groups is 1. The number of hydrogen-bond donors (Lipinski definition) is 13. The number of hydrogen-bond acceptors (Lipinski definition) is 25. The molecule has 3 amide bonds. The summed E-state index contributed by atoms with van der Waals surface area (Å²) in [5.74, 6) is -2.40. The van der Waals surface area contributed by atoms with Crippen LogP contribution in [0.5, 0.6) is 0 Å². The summed E-state index contributed by atoms with van der Waals surface area (Å²) in [5, 5.41) is 103. The summed E-state index contributed by atoms with van der Waals surface area (Å²) >= 11 is 0. The molecule has 606 valence electrons. The van der Waals surface area contributed by atoms with Crippen LogP contribution in [-0.4, -0.2) is 238 Å². The summed E-state index contributed by atoms with van der Waals surface area (Å²) in [7, 11) is -4.73. The third kappa shape index (κ3) is 41.2. The first-order valence-corrected chi connectivity index (χ1v) is 40.6. The Kier molecular flexibility index (Phi) is 53.0. The van der Waals surface area contributed by atoms with Crippen molar-refractivity contribution in [1.29, 1.82) is 0 Å². The van der Waals surface area contributed by atoms with E-state index in [9.17, 15) is 79.4 Å². The molecule has 3 fully saturated rings. The molecule has 0 saturated carbocycles. The van der Waals surface area contributed by atoms with Crippen molar-refractivity contribution in [3.05, 3.63) is 24.3 Å². The van der Waals surface area contributed by atoms with Gasteiger partial charge in [0.05, 0.1) is 39.6 Å². The van der Waals surface area contributed by atoms with Gasteiger partial charge in [0.25, 0.3) is 0 Å². The number of esters is 2. The molecule has 104 heavy (non-hydrogen) atoms. The molecule has 3 saturated heterocycles. The van der Waals surface area contributed by atoms with Crippen LogP contribution < -0.4 is 16.0 Å². The first-order chi connectivity index (χ1) is 50.2. The Bertz CT molecular complexity index is 2360. The Balaban J connectivity index is 1.36. The summed E-state index contributed by atoms with van der Waals surface area (Å²) in [6.45, 7) is 1.61. The van der Waals surface area contributed by atoms with Crippen molar-refractivity contribution in [1.82, 2.24) is 16.0 Å². The van der Waals surface area contributed by atoms with Gasteiger partial charge in [0, 0.05) is 45.7 Å². The SMILES string of the molecule is CCCCCCCC/C=C\CCCCCCCCCC(=O)OCC(COP(=O)(O)OCCNC(=O)CCCCC(=O)NCCCO[C@@H]1OC(CO)[C@@H](O[C@@H]2OC(CO)[C@H](O)C(O[C@H]3OC(CO)[C@H](O)C(O)C3O)C2O)C(O)C1NC(C)=O)OC(=O)CCCCCCCCC/C=C\CCCCCCCC. The molecule has 17 atom stereocenters. The molecule has 0 bridgehead atoms. The smallest absolute Gasteiger partial charge is 0.462 e. The molecule has 13 N–H and O–H groups in total. The normalized spacial score (nSPS) is 26.0. The molecule has 3 aliphatic rings. The molecular weight excluding hydrogens is 1380 g/mol. The minimum absolute atomic E-state index is 0.0276. The second-order valence-corrected chi connectivity index (χ2v) is 29.1. The van der Waals surface area contributed by atoms with Crippen LogP contribution in [0.25, 0.3) is 0 Å². The maximum Gasteiger partial charge on any atom is 0.472 e. The van der Waals surface area contributed by atoms with Crippen molar-refractivity contribution < 1.29 is 126 Å². The van der Waals surface area contributed by atoms with Gasteiger partial charge in [0.15, 0.2) is 25.0 Å². The Labute approximate surface area is 617 Å². The monoisotopic (exact) mass is 1510 g/mol. The molecule has 0 aromatic heterocycles. The minimum atomic E-state index is -4.73. The first kappa shape index (κ1) is 94.5. The number of aliphatic hydroxyl groups excluding tert-OH is 9. The number of carbonyl (C=O) groups excluding carboxylic acids is 5. The van der Waals surface area contributed by atoms with Crippen LogP contribution in [0.3, 0.4) is 0 Å². The zero-order valence-corrected chi connectivity index (χ0v) is 63.4. The quantitative estimate of drug-likeness (QED) is 0.0126. The zero-order chi connectivity index (χ0) is 76.2. The van der Waals surface area contributed by atoms with Crippen LogP contribution in [0.2, 0.25) is 0 Å². The second-order valence-electron chi connectivity index (χ2n) is 27.7. The highest BCUT2D eigenvalue weighted by Gasteiger charge is 2.54. The summed E-state index contributed by atoms with van der Waals surface area (Å²) in [6, 6.07) is -1.36. The maximum absolute atomic E-state index is 13.0. The molecule has 3 aliphatic heterocycles. The fourth-order valence-corrected chi connectivity index (χ4v) is 13.2. The van der Waals surface area contributed by atoms with Crippen molar-refractivity contribution in [2.24, 2.45) is 0 Å². The standard InChI is InChI=1S/C74H134N3O26P/c1-4-6-8-10-12-14-16-18-20-22-24-26-28-30-32-34-36-43-61(84)95-52-55(98-62(85)44-37-35-33-31-29-27-25-23-21-19-17-15-13-11-9-7-5-2)53-97-104(92,93)96-48-46-76-60(83)42-39-38-41-59(82)75-45-40-47-94-72-63(77-54(3)81)66(88)70(58(51-80)101-72)102-74-69(91)71(65(87)57(50-79)100-74)103-73-68(90)67(89)64(86)56(49-78)99-73/h18-21,55-58,63-74,78-80,86-91H,4-17,22-53H2,1-3H3,(H,75,82)(H,76,83)(H,77,81)(H,92,93)/b20-18-,21-19-/t55?,56?,57?,58?,63?,64-,65-,66?,67?,68?,69?,70+,71?,72+,73+,74-/m0/s1. The average Bonchev–Trinajstić information content (AvgIpc) is 0.779. The van der Waals surface area contributed by atoms with Crippen LogP contribution in [0.1, 0.15) is 258 Å². The topological polar surface area (TPSA) is 433 Å². The van der Waals surface area contributed by atoms with E-state index >= 15 is 0 Å². The molecule has 0 aromatic carbocycles. The largest absolute Gasteiger partial charge is 0.472 e. The summed E-state index contributed by atoms with van der Waals surface area (Å²) < 4.78 is 68.5. The number of aliphatic hydroxyl groups is 9. The van der Waals surface area contributed by atoms with E-state index in [1.807, 2.05) is 0 Å². The van der Waals surface area contributed by atoms with Gasteiger partial charge in [-0.05, 0) is 83.5 Å². The van der Waals surface area contributed by atoms with Gasteiger partial charge in [-0.15, -0.1) is 0 Å². The van der Waals surface area contributed by atoms with Gasteiger partial charge in [0.2, 0.25) is 17.7 Å². The lowest BCUT2D eigenvalue weighted by atomic mass is 9.95. The molecule has 0 spiro atoms. The van der Waals surface area contributed by atoms with Crippen LogP contribution in [-0.2, 0) is 75.5 Å². The highest BCUT2D eigenvalue weighted by molar-refractivity contribution is 7.47. The van der Waals surface area contributed by atoms with Gasteiger partial charge in [-0.25, -0.2) is 4.57 Å². The van der Waals surface area contributed by atoms with E-state index in [4.69, 9.17) is 46.9 Å². The zero-order valence-electron chi connectivity index (χ0n) is 62.5. The molecule has 0 aliphatic carbocycles. The predicted octanol–water partition coefficient (Wildman–Crippen LogP) is 7.00. The fourth-order valence-electron chi connectivity index (χ4n) is 12.4. The van der Waals surface area contributed by atoms with E-state index in [2.05, 4.69) is 54.1 Å². The van der Waals surface area contributed by atoms with Crippen molar-refractivity contribution in [3.8, 4) is 0 Å². The van der Waals surface area contributed by atoms with E-state index in [1.54, 1.807) is 0 Å². The van der Waals surface area contributed by atoms with Gasteiger partial charge in [0.1, 0.15) is 79.8 Å². The predicted molar refractivity (Wildman–Crippen MR) is 386 cm³/mol. The molecule has 0 aromatic rings. The fraction of sp³-hybridized carbons (Fsp3) is 0.878. The molecule has 30 heteroatoms. The second kappa shape index (κ2) is 58.3. The Morgan fingerprint density at radius 2 is 0.875 bits per heavy atom. The number of allylic oxidation sites excluding steroid dienone is 4. The molecule has 29 nitrogen and oxygen atoms in total. The number of ether oxygens (including phenoxy) is 8. The van der Waals surface area contributed by atoms with Gasteiger partial charge in [-0.1, -0.05) is 167 Å². The van der Waals surface area contributed by atoms with Gasteiger partial charge < -0.3 is 105 Å². The molecule has 3 heterocycles. The highest BCUT2D eigenvalue weighted by Crippen LogP contribution is 2.43. The summed E-state index contributed by atoms with van der Waals surface area (Å²) in [6.07, 6.45) is 19.6. The van der Waals surface area contributed by atoms with Crippen molar-refractivity contribution in [2.75, 3.05) is 59.3 Å². The van der Waals surface area contributed by atoms with E-state index in [-0.39, 0.29) is 64.3 Å². The molecular formula is C74H134N3O26P. The average molecular weight is 1510 g/mol. The van der Waals surface area contributed by atoms with E-state index in [0.29, 0.717) is 25.7 Å². The maximum atomic E-state index is 13.0. The lowest BCUT2D eigenvalue weighted by Crippen LogP contribution is -2.68. The number of nitrogens with one attached hydrogen (secondary N) is 3. The van der Waals surface area contributed by atoms with E-state index < -0.39 is 163 Å².